The summed E-state index contributed by atoms with van der Waals surface area (Å²) >= 11 is 5.65. The third-order valence-electron chi connectivity index (χ3n) is 2.61. The van der Waals surface area contributed by atoms with Crippen LogP contribution in [0.3, 0.4) is 0 Å². The molecule has 0 spiro atoms. The maximum atomic E-state index is 13.6. The van der Waals surface area contributed by atoms with Crippen molar-refractivity contribution in [2.45, 2.75) is 6.92 Å². The zero-order valence-electron chi connectivity index (χ0n) is 9.60. The van der Waals surface area contributed by atoms with Crippen molar-refractivity contribution in [1.29, 1.82) is 0 Å². The molecule has 2 rings (SSSR count). The van der Waals surface area contributed by atoms with E-state index in [4.69, 9.17) is 17.3 Å². The van der Waals surface area contributed by atoms with E-state index in [9.17, 15) is 8.78 Å². The Morgan fingerprint density at radius 3 is 2.50 bits per heavy atom. The van der Waals surface area contributed by atoms with Crippen molar-refractivity contribution >= 4 is 28.7 Å². The lowest BCUT2D eigenvalue weighted by Crippen LogP contribution is -2.00. The van der Waals surface area contributed by atoms with Crippen LogP contribution in [0.2, 0.25) is 5.02 Å². The van der Waals surface area contributed by atoms with Gasteiger partial charge in [0.05, 0.1) is 5.69 Å². The predicted molar refractivity (Wildman–Crippen MR) is 70.2 cm³/mol. The van der Waals surface area contributed by atoms with Crippen LogP contribution < -0.4 is 11.1 Å². The fourth-order valence-corrected chi connectivity index (χ4v) is 1.72. The SMILES string of the molecule is Cc1c(N)cc(F)cc1Nc1ccc(Cl)cc1F. The van der Waals surface area contributed by atoms with Crippen molar-refractivity contribution in [3.05, 3.63) is 52.6 Å². The van der Waals surface area contributed by atoms with Crippen molar-refractivity contribution in [2.75, 3.05) is 11.1 Å². The van der Waals surface area contributed by atoms with Crippen LogP contribution in [0.5, 0.6) is 0 Å². The molecule has 2 nitrogen and oxygen atoms in total. The number of nitrogen functional groups attached to an aromatic ring is 1. The second kappa shape index (κ2) is 4.82. The molecular weight excluding hydrogens is 258 g/mol. The largest absolute Gasteiger partial charge is 0.398 e. The monoisotopic (exact) mass is 268 g/mol. The lowest BCUT2D eigenvalue weighted by atomic mass is 10.1. The molecule has 0 radical (unpaired) electrons. The van der Waals surface area contributed by atoms with Crippen molar-refractivity contribution in [2.24, 2.45) is 0 Å². The van der Waals surface area contributed by atoms with Gasteiger partial charge < -0.3 is 11.1 Å². The molecule has 0 amide bonds. The molecule has 0 fully saturated rings. The topological polar surface area (TPSA) is 38.0 Å². The lowest BCUT2D eigenvalue weighted by molar-refractivity contribution is 0.627. The number of nitrogens with one attached hydrogen (secondary N) is 1. The van der Waals surface area contributed by atoms with Crippen molar-refractivity contribution in [1.82, 2.24) is 0 Å². The Bertz CT molecular complexity index is 600. The third kappa shape index (κ3) is 2.54. The van der Waals surface area contributed by atoms with Crippen molar-refractivity contribution < 1.29 is 8.78 Å². The molecule has 5 heteroatoms. The van der Waals surface area contributed by atoms with Gasteiger partial charge >= 0.3 is 0 Å². The van der Waals surface area contributed by atoms with Gasteiger partial charge in [0.1, 0.15) is 11.6 Å². The van der Waals surface area contributed by atoms with Crippen LogP contribution in [0.1, 0.15) is 5.56 Å². The Hall–Kier alpha value is -1.81. The first kappa shape index (κ1) is 12.6. The number of nitrogens with two attached hydrogens (primary N) is 1. The highest BCUT2D eigenvalue weighted by molar-refractivity contribution is 6.30. The maximum Gasteiger partial charge on any atom is 0.148 e. The van der Waals surface area contributed by atoms with Crippen LogP contribution in [0, 0.1) is 18.6 Å². The number of halogens is 3. The van der Waals surface area contributed by atoms with Gasteiger partial charge in [-0.05, 0) is 42.8 Å². The van der Waals surface area contributed by atoms with Crippen molar-refractivity contribution in [3.8, 4) is 0 Å². The second-order valence-electron chi connectivity index (χ2n) is 3.92. The molecule has 0 aliphatic carbocycles. The Morgan fingerprint density at radius 2 is 1.83 bits per heavy atom. The van der Waals surface area contributed by atoms with Gasteiger partial charge in [0, 0.05) is 16.4 Å². The molecule has 0 unspecified atom stereocenters. The summed E-state index contributed by atoms with van der Waals surface area (Å²) in [5.41, 5.74) is 7.25. The summed E-state index contributed by atoms with van der Waals surface area (Å²) in [7, 11) is 0. The minimum Gasteiger partial charge on any atom is -0.398 e. The minimum atomic E-state index is -0.510. The van der Waals surface area contributed by atoms with Gasteiger partial charge in [-0.2, -0.15) is 0 Å². The fraction of sp³-hybridized carbons (Fsp3) is 0.0769. The van der Waals surface area contributed by atoms with Gasteiger partial charge in [-0.3, -0.25) is 0 Å². The van der Waals surface area contributed by atoms with E-state index < -0.39 is 11.6 Å². The van der Waals surface area contributed by atoms with Crippen LogP contribution in [-0.4, -0.2) is 0 Å². The highest BCUT2D eigenvalue weighted by atomic mass is 35.5. The second-order valence-corrected chi connectivity index (χ2v) is 4.35. The Labute approximate surface area is 108 Å². The van der Waals surface area contributed by atoms with E-state index in [1.807, 2.05) is 0 Å². The van der Waals surface area contributed by atoms with E-state index in [2.05, 4.69) is 5.32 Å². The fourth-order valence-electron chi connectivity index (χ4n) is 1.57. The molecule has 0 aromatic heterocycles. The number of anilines is 3. The van der Waals surface area contributed by atoms with E-state index in [0.717, 1.165) is 0 Å². The molecule has 0 bridgehead atoms. The van der Waals surface area contributed by atoms with Gasteiger partial charge in [-0.1, -0.05) is 11.6 Å². The molecule has 2 aromatic carbocycles. The van der Waals surface area contributed by atoms with E-state index >= 15 is 0 Å². The molecule has 0 aliphatic rings. The highest BCUT2D eigenvalue weighted by Crippen LogP contribution is 2.28. The van der Waals surface area contributed by atoms with Gasteiger partial charge in [0.25, 0.3) is 0 Å². The van der Waals surface area contributed by atoms with Gasteiger partial charge in [0.2, 0.25) is 0 Å². The van der Waals surface area contributed by atoms with Gasteiger partial charge in [-0.15, -0.1) is 0 Å². The summed E-state index contributed by atoms with van der Waals surface area (Å²) in [5, 5.41) is 3.10. The zero-order chi connectivity index (χ0) is 13.3. The Kier molecular flexibility index (Phi) is 3.39. The highest BCUT2D eigenvalue weighted by Gasteiger charge is 2.08. The molecule has 0 atom stereocenters. The summed E-state index contributed by atoms with van der Waals surface area (Å²) in [5.74, 6) is -0.986. The first-order valence-corrected chi connectivity index (χ1v) is 5.63. The number of benzene rings is 2. The summed E-state index contributed by atoms with van der Waals surface area (Å²) in [6, 6.07) is 6.70. The van der Waals surface area contributed by atoms with E-state index in [1.54, 1.807) is 13.0 Å². The van der Waals surface area contributed by atoms with Crippen LogP contribution in [0.4, 0.5) is 25.8 Å². The normalized spacial score (nSPS) is 10.4. The molecule has 0 saturated carbocycles. The van der Waals surface area contributed by atoms with E-state index in [-0.39, 0.29) is 5.69 Å². The molecule has 0 aliphatic heterocycles. The number of hydrogen-bond donors (Lipinski definition) is 2. The van der Waals surface area contributed by atoms with Crippen molar-refractivity contribution in [3.63, 3.8) is 0 Å². The smallest absolute Gasteiger partial charge is 0.148 e. The predicted octanol–water partition coefficient (Wildman–Crippen LogP) is 4.25. The van der Waals surface area contributed by atoms with Crippen LogP contribution in [0.25, 0.3) is 0 Å². The maximum absolute atomic E-state index is 13.6. The molecule has 2 aromatic rings. The van der Waals surface area contributed by atoms with E-state index in [0.29, 0.717) is 22.0 Å². The molecule has 0 saturated heterocycles. The molecule has 0 heterocycles. The quantitative estimate of drug-likeness (QED) is 0.799. The standard InChI is InChI=1S/C13H11ClF2N2/c1-7-11(17)5-9(15)6-13(7)18-12-3-2-8(14)4-10(12)16/h2-6,18H,17H2,1H3. The average Bonchev–Trinajstić information content (AvgIpc) is 2.29. The minimum absolute atomic E-state index is 0.215. The molecule has 94 valence electrons. The first-order chi connectivity index (χ1) is 8.47. The van der Waals surface area contributed by atoms with Gasteiger partial charge in [-0.25, -0.2) is 8.78 Å². The average molecular weight is 269 g/mol. The van der Waals surface area contributed by atoms with Crippen LogP contribution >= 0.6 is 11.6 Å². The van der Waals surface area contributed by atoms with Gasteiger partial charge in [0.15, 0.2) is 0 Å². The zero-order valence-corrected chi connectivity index (χ0v) is 10.4. The Morgan fingerprint density at radius 1 is 1.11 bits per heavy atom. The summed E-state index contributed by atoms with van der Waals surface area (Å²) in [6.45, 7) is 1.73. The van der Waals surface area contributed by atoms with Crippen LogP contribution in [0.15, 0.2) is 30.3 Å². The van der Waals surface area contributed by atoms with E-state index in [1.165, 1.54) is 24.3 Å². The van der Waals surface area contributed by atoms with Crippen LogP contribution in [-0.2, 0) is 0 Å². The summed E-state index contributed by atoms with van der Waals surface area (Å²) in [6.07, 6.45) is 0. The molecular formula is C13H11ClF2N2. The summed E-state index contributed by atoms with van der Waals surface area (Å²) in [4.78, 5) is 0. The summed E-state index contributed by atoms with van der Waals surface area (Å²) < 4.78 is 26.8. The first-order valence-electron chi connectivity index (χ1n) is 5.25. The molecule has 18 heavy (non-hydrogen) atoms. The lowest BCUT2D eigenvalue weighted by Gasteiger charge is -2.12. The molecule has 3 N–H and O–H groups in total. The number of rotatable bonds is 2. The number of hydrogen-bond acceptors (Lipinski definition) is 2. The third-order valence-corrected chi connectivity index (χ3v) is 2.85. The Balaban J connectivity index is 2.40.